The number of hydrazine groups is 1. The smallest absolute Gasteiger partial charge is 0.287 e. The molecule has 3 amide bonds. The van der Waals surface area contributed by atoms with E-state index in [-0.39, 0.29) is 12.3 Å². The molecule has 3 N–H and O–H groups in total. The molecule has 0 spiro atoms. The molecule has 1 heterocycles. The second-order valence-electron chi connectivity index (χ2n) is 4.75. The predicted molar refractivity (Wildman–Crippen MR) is 92.0 cm³/mol. The van der Waals surface area contributed by atoms with Gasteiger partial charge in [-0.1, -0.05) is 0 Å². The summed E-state index contributed by atoms with van der Waals surface area (Å²) in [4.78, 5) is 35.3. The first-order valence-electron chi connectivity index (χ1n) is 7.35. The maximum Gasteiger partial charge on any atom is 0.287 e. The highest BCUT2D eigenvalue weighted by Gasteiger charge is 2.12. The van der Waals surface area contributed by atoms with Crippen LogP contribution in [0.15, 0.2) is 45.5 Å². The van der Waals surface area contributed by atoms with E-state index in [0.717, 1.165) is 0 Å². The number of amides is 3. The van der Waals surface area contributed by atoms with Gasteiger partial charge in [-0.3, -0.25) is 25.2 Å². The van der Waals surface area contributed by atoms with E-state index in [2.05, 4.69) is 32.1 Å². The highest BCUT2D eigenvalue weighted by atomic mass is 79.9. The molecule has 1 aromatic heterocycles. The molecule has 9 heteroatoms. The number of halogens is 1. The van der Waals surface area contributed by atoms with E-state index < -0.39 is 17.7 Å². The zero-order valence-electron chi connectivity index (χ0n) is 13.3. The largest absolute Gasteiger partial charge is 0.494 e. The van der Waals surface area contributed by atoms with Crippen molar-refractivity contribution in [1.82, 2.24) is 16.2 Å². The first kappa shape index (κ1) is 18.5. The third-order valence-corrected chi connectivity index (χ3v) is 3.38. The van der Waals surface area contributed by atoms with Crippen molar-refractivity contribution in [3.63, 3.8) is 0 Å². The number of rotatable bonds is 6. The molecule has 0 aliphatic rings. The number of hydrogen-bond donors (Lipinski definition) is 3. The molecule has 1 aromatic carbocycles. The molecule has 8 nitrogen and oxygen atoms in total. The van der Waals surface area contributed by atoms with Crippen LogP contribution in [0.2, 0.25) is 0 Å². The van der Waals surface area contributed by atoms with Crippen LogP contribution in [0.25, 0.3) is 0 Å². The van der Waals surface area contributed by atoms with Crippen molar-refractivity contribution < 1.29 is 23.5 Å². The lowest BCUT2D eigenvalue weighted by atomic mass is 10.2. The van der Waals surface area contributed by atoms with E-state index >= 15 is 0 Å². The zero-order valence-corrected chi connectivity index (χ0v) is 14.9. The van der Waals surface area contributed by atoms with Crippen molar-refractivity contribution in [3.8, 4) is 5.75 Å². The quantitative estimate of drug-likeness (QED) is 0.628. The lowest BCUT2D eigenvalue weighted by Crippen LogP contribution is -2.46. The second-order valence-corrected chi connectivity index (χ2v) is 5.53. The summed E-state index contributed by atoms with van der Waals surface area (Å²) >= 11 is 3.08. The molecule has 0 aliphatic carbocycles. The van der Waals surface area contributed by atoms with Gasteiger partial charge in [-0.05, 0) is 59.3 Å². The van der Waals surface area contributed by atoms with E-state index in [4.69, 9.17) is 9.15 Å². The predicted octanol–water partition coefficient (Wildman–Crippen LogP) is 1.63. The minimum Gasteiger partial charge on any atom is -0.494 e. The molecule has 25 heavy (non-hydrogen) atoms. The van der Waals surface area contributed by atoms with Crippen molar-refractivity contribution >= 4 is 33.7 Å². The molecule has 2 rings (SSSR count). The van der Waals surface area contributed by atoms with Crippen LogP contribution in [0.4, 0.5) is 0 Å². The Morgan fingerprint density at radius 3 is 2.36 bits per heavy atom. The molecule has 0 saturated carbocycles. The van der Waals surface area contributed by atoms with Crippen LogP contribution in [0.1, 0.15) is 27.8 Å². The van der Waals surface area contributed by atoms with Gasteiger partial charge in [0.15, 0.2) is 10.4 Å². The molecule has 2 aromatic rings. The molecule has 0 unspecified atom stereocenters. The topological polar surface area (TPSA) is 110 Å². The molecule has 0 saturated heterocycles. The van der Waals surface area contributed by atoms with Crippen LogP contribution in [0, 0.1) is 0 Å². The Balaban J connectivity index is 1.75. The van der Waals surface area contributed by atoms with Gasteiger partial charge in [0.1, 0.15) is 5.75 Å². The van der Waals surface area contributed by atoms with Crippen LogP contribution in [-0.2, 0) is 4.79 Å². The van der Waals surface area contributed by atoms with Crippen LogP contribution < -0.4 is 20.9 Å². The Morgan fingerprint density at radius 1 is 1.04 bits per heavy atom. The van der Waals surface area contributed by atoms with Crippen LogP contribution in [0.5, 0.6) is 5.75 Å². The molecule has 0 fully saturated rings. The Morgan fingerprint density at radius 2 is 1.76 bits per heavy atom. The summed E-state index contributed by atoms with van der Waals surface area (Å²) in [5, 5.41) is 2.36. The van der Waals surface area contributed by atoms with Crippen molar-refractivity contribution in [2.75, 3.05) is 13.2 Å². The highest BCUT2D eigenvalue weighted by Crippen LogP contribution is 2.13. The van der Waals surface area contributed by atoms with E-state index in [1.165, 1.54) is 6.07 Å². The number of benzene rings is 1. The van der Waals surface area contributed by atoms with E-state index in [0.29, 0.717) is 22.6 Å². The van der Waals surface area contributed by atoms with Gasteiger partial charge >= 0.3 is 0 Å². The van der Waals surface area contributed by atoms with Gasteiger partial charge in [0, 0.05) is 5.56 Å². The third-order valence-electron chi connectivity index (χ3n) is 2.95. The van der Waals surface area contributed by atoms with Gasteiger partial charge < -0.3 is 14.5 Å². The summed E-state index contributed by atoms with van der Waals surface area (Å²) in [7, 11) is 0. The second kappa shape index (κ2) is 8.88. The molecule has 0 aliphatic heterocycles. The van der Waals surface area contributed by atoms with Crippen molar-refractivity contribution in [2.24, 2.45) is 0 Å². The van der Waals surface area contributed by atoms with E-state index in [9.17, 15) is 14.4 Å². The summed E-state index contributed by atoms with van der Waals surface area (Å²) in [6.45, 7) is 2.07. The van der Waals surface area contributed by atoms with Gasteiger partial charge in [-0.2, -0.15) is 0 Å². The maximum atomic E-state index is 11.9. The van der Waals surface area contributed by atoms with Crippen LogP contribution in [0.3, 0.4) is 0 Å². The normalized spacial score (nSPS) is 10.0. The highest BCUT2D eigenvalue weighted by molar-refractivity contribution is 9.10. The molecular formula is C16H16BrN3O5. The summed E-state index contributed by atoms with van der Waals surface area (Å²) in [5.74, 6) is -0.900. The number of hydrogen-bond acceptors (Lipinski definition) is 5. The fourth-order valence-corrected chi connectivity index (χ4v) is 2.10. The first-order valence-corrected chi connectivity index (χ1v) is 8.14. The lowest BCUT2D eigenvalue weighted by molar-refractivity contribution is -0.120. The summed E-state index contributed by atoms with van der Waals surface area (Å²) < 4.78 is 10.7. The van der Waals surface area contributed by atoms with Crippen LogP contribution in [-0.4, -0.2) is 30.9 Å². The Kier molecular flexibility index (Phi) is 6.58. The number of carbonyl (C=O) groups is 3. The fraction of sp³-hybridized carbons (Fsp3) is 0.188. The average molecular weight is 410 g/mol. The number of furan rings is 1. The fourth-order valence-electron chi connectivity index (χ4n) is 1.80. The van der Waals surface area contributed by atoms with Gasteiger partial charge in [-0.25, -0.2) is 0 Å². The Hall–Kier alpha value is -2.81. The molecule has 132 valence electrons. The minimum atomic E-state index is -0.585. The molecule has 0 atom stereocenters. The third kappa shape index (κ3) is 5.64. The van der Waals surface area contributed by atoms with Gasteiger partial charge in [0.25, 0.3) is 17.7 Å². The van der Waals surface area contributed by atoms with Crippen LogP contribution >= 0.6 is 15.9 Å². The maximum absolute atomic E-state index is 11.9. The molecule has 0 radical (unpaired) electrons. The van der Waals surface area contributed by atoms with Crippen molar-refractivity contribution in [3.05, 3.63) is 52.4 Å². The van der Waals surface area contributed by atoms with Crippen molar-refractivity contribution in [2.45, 2.75) is 6.92 Å². The van der Waals surface area contributed by atoms with Gasteiger partial charge in [0.05, 0.1) is 13.2 Å². The Bertz CT molecular complexity index is 757. The molecule has 0 bridgehead atoms. The monoisotopic (exact) mass is 409 g/mol. The molecular weight excluding hydrogens is 394 g/mol. The first-order chi connectivity index (χ1) is 12.0. The van der Waals surface area contributed by atoms with E-state index in [1.54, 1.807) is 30.3 Å². The van der Waals surface area contributed by atoms with Crippen molar-refractivity contribution in [1.29, 1.82) is 0 Å². The number of nitrogens with one attached hydrogen (secondary N) is 3. The number of ether oxygens (including phenoxy) is 1. The summed E-state index contributed by atoms with van der Waals surface area (Å²) in [6, 6.07) is 9.48. The summed E-state index contributed by atoms with van der Waals surface area (Å²) in [6.07, 6.45) is 0. The summed E-state index contributed by atoms with van der Waals surface area (Å²) in [5.41, 5.74) is 4.82. The lowest BCUT2D eigenvalue weighted by Gasteiger charge is -2.08. The minimum absolute atomic E-state index is 0.0677. The SMILES string of the molecule is CCOc1ccc(C(=O)NNC(=O)CNC(=O)c2ccc(Br)o2)cc1. The Labute approximate surface area is 152 Å². The van der Waals surface area contributed by atoms with Gasteiger partial charge in [0.2, 0.25) is 0 Å². The standard InChI is InChI=1S/C16H16BrN3O5/c1-2-24-11-5-3-10(4-6-11)15(22)20-19-14(21)9-18-16(23)12-7-8-13(17)25-12/h3-8H,2,9H2,1H3,(H,18,23)(H,19,21)(H,20,22). The average Bonchev–Trinajstić information content (AvgIpc) is 3.05. The number of carbonyl (C=O) groups excluding carboxylic acids is 3. The van der Waals surface area contributed by atoms with E-state index in [1.807, 2.05) is 6.92 Å². The zero-order chi connectivity index (χ0) is 18.2. The van der Waals surface area contributed by atoms with Gasteiger partial charge in [-0.15, -0.1) is 0 Å².